The first-order valence-corrected chi connectivity index (χ1v) is 31.4. The summed E-state index contributed by atoms with van der Waals surface area (Å²) in [6.45, 7) is 1.46. The van der Waals surface area contributed by atoms with Gasteiger partial charge in [0.15, 0.2) is 0 Å². The largest absolute Gasteiger partial charge is 0.445 e. The minimum Gasteiger partial charge on any atom is -0.445 e. The van der Waals surface area contributed by atoms with Crippen LogP contribution in [-0.2, 0) is 77.5 Å². The van der Waals surface area contributed by atoms with Crippen LogP contribution in [0.1, 0.15) is 154 Å². The van der Waals surface area contributed by atoms with Gasteiger partial charge < -0.3 is 23.8 Å². The normalized spacial score (nSPS) is 20.9. The van der Waals surface area contributed by atoms with Gasteiger partial charge in [-0.2, -0.15) is 63.2 Å². The van der Waals surface area contributed by atoms with Gasteiger partial charge in [-0.1, -0.05) is 136 Å². The molecule has 0 radical (unpaired) electrons. The van der Waals surface area contributed by atoms with Gasteiger partial charge in [0, 0.05) is 38.2 Å². The van der Waals surface area contributed by atoms with Crippen molar-refractivity contribution in [3.63, 3.8) is 0 Å². The maximum Gasteiger partial charge on any atom is 0.416 e. The van der Waals surface area contributed by atoms with Crippen molar-refractivity contribution in [3.8, 4) is 12.1 Å². The zero-order chi connectivity index (χ0) is 70.6. The molecule has 0 saturated carbocycles. The summed E-state index contributed by atoms with van der Waals surface area (Å²) in [7, 11) is 0. The van der Waals surface area contributed by atoms with Gasteiger partial charge in [0.05, 0.1) is 82.9 Å². The number of ether oxygens (including phenoxy) is 4. The number of carbonyl (C=O) groups is 4. The zero-order valence-corrected chi connectivity index (χ0v) is 53.4. The van der Waals surface area contributed by atoms with Crippen LogP contribution < -0.4 is 0 Å². The van der Waals surface area contributed by atoms with Crippen molar-refractivity contribution >= 4 is 35.5 Å². The molecule has 3 heterocycles. The molecule has 3 fully saturated rings. The van der Waals surface area contributed by atoms with Crippen LogP contribution in [-0.4, -0.2) is 82.8 Å². The molecule has 0 spiro atoms. The van der Waals surface area contributed by atoms with Crippen LogP contribution in [0, 0.1) is 28.1 Å². The number of nitrogens with zero attached hydrogens (tertiary/aromatic N) is 5. The summed E-state index contributed by atoms with van der Waals surface area (Å²) in [5.41, 5.74) is -9.63. The number of hydrogen-bond donors (Lipinski definition) is 0. The smallest absolute Gasteiger partial charge is 0.416 e. The summed E-state index contributed by atoms with van der Waals surface area (Å²) < 4.78 is 187. The van der Waals surface area contributed by atoms with Crippen molar-refractivity contribution in [1.29, 1.82) is 10.5 Å². The number of carbonyl (C=O) groups excluding carboxylic acids is 4. The van der Waals surface area contributed by atoms with Gasteiger partial charge in [-0.05, 0) is 122 Å². The molecule has 6 atom stereocenters. The molecule has 0 unspecified atom stereocenters. The van der Waals surface area contributed by atoms with E-state index >= 15 is 0 Å². The Morgan fingerprint density at radius 1 is 0.545 bits per heavy atom. The fourth-order valence-corrected chi connectivity index (χ4v) is 12.5. The predicted octanol–water partition coefficient (Wildman–Crippen LogP) is 18.9. The minimum atomic E-state index is -5.05. The molecule has 3 aliphatic rings. The fourth-order valence-electron chi connectivity index (χ4n) is 12.4. The SMILES string of the molecule is C.C.C[C@@H](OC[C@@]1(c2ccccc2)CC[C@@](C#N)(CC(=O)CCCCl)CN1C(=O)OCc1ccccc1)c1cc(C(F)(F)F)cc(C(F)(F)F)c1.C[C@@H](OC[C@@]1(c2ccccc2)CC[C@@](C#N)(N2CCCC2=O)CN1C(=O)OCc1ccccc1)c1cc(C(F)(F)F)cc(C(F)(F)F)c1. The van der Waals surface area contributed by atoms with Crippen LogP contribution in [0.2, 0.25) is 0 Å². The van der Waals surface area contributed by atoms with E-state index < -0.39 is 93.4 Å². The maximum absolute atomic E-state index is 14.1. The molecule has 99 heavy (non-hydrogen) atoms. The molecular weight excluding hydrogens is 1340 g/mol. The van der Waals surface area contributed by atoms with Gasteiger partial charge in [-0.15, -0.1) is 11.6 Å². The third-order valence-corrected chi connectivity index (χ3v) is 18.1. The molecule has 3 amide bonds. The number of ketones is 1. The predicted molar refractivity (Wildman–Crippen MR) is 343 cm³/mol. The van der Waals surface area contributed by atoms with Crippen molar-refractivity contribution in [1.82, 2.24) is 14.7 Å². The second kappa shape index (κ2) is 33.0. The second-order valence-corrected chi connectivity index (χ2v) is 24.7. The van der Waals surface area contributed by atoms with Crippen molar-refractivity contribution in [3.05, 3.63) is 213 Å². The van der Waals surface area contributed by atoms with Crippen LogP contribution in [0.25, 0.3) is 0 Å². The molecule has 3 aliphatic heterocycles. The zero-order valence-electron chi connectivity index (χ0n) is 52.6. The van der Waals surface area contributed by atoms with Crippen LogP contribution in [0.15, 0.2) is 158 Å². The molecule has 13 nitrogen and oxygen atoms in total. The summed E-state index contributed by atoms with van der Waals surface area (Å²) in [5, 5.41) is 20.9. The number of nitriles is 2. The second-order valence-electron chi connectivity index (χ2n) is 24.3. The Hall–Kier alpha value is -8.65. The fraction of sp³-hybridized carbons (Fsp3) is 0.425. The Bertz CT molecular complexity index is 3720. The van der Waals surface area contributed by atoms with E-state index in [-0.39, 0.29) is 140 Å². The first kappa shape index (κ1) is 79.3. The topological polar surface area (TPSA) is 162 Å². The number of rotatable bonds is 20. The Kier molecular flexibility index (Phi) is 26.5. The minimum absolute atomic E-state index is 0. The van der Waals surface area contributed by atoms with Crippen molar-refractivity contribution in [2.75, 3.05) is 38.7 Å². The highest BCUT2D eigenvalue weighted by atomic mass is 35.5. The average molecular weight is 1410 g/mol. The van der Waals surface area contributed by atoms with Crippen molar-refractivity contribution in [2.24, 2.45) is 5.41 Å². The van der Waals surface area contributed by atoms with Gasteiger partial charge in [0.25, 0.3) is 0 Å². The standard InChI is InChI=1S/C36H35ClF6N2O4.C35H33F6N3O4.2CH4/c1-25(27-17-29(35(38,39)40)19-30(18-27)36(41,42)43)49-24-34(28-11-6-3-7-12-28)15-14-33(22-44,20-31(46)13-8-16-37)23-45(34)32(47)48-21-26-9-4-2-5-10-26;1-24(26-17-28(34(36,37)38)19-29(18-26)35(39,40)41)48-23-33(27-11-6-3-7-12-27)15-14-32(21-42,43-16-8-13-30(43)45)22-44(33)31(46)47-20-25-9-4-2-5-10-25;;/h2-7,9-12,17-19,25H,8,13-16,20-21,23-24H2,1H3;2-7,9-12,17-19,24H,8,13-16,20,22-23H2,1H3;2*1H4/t25-,33+,34-;24-,32+,33-;;/m11../s1. The molecule has 0 aromatic heterocycles. The van der Waals surface area contributed by atoms with Crippen LogP contribution in [0.3, 0.4) is 0 Å². The first-order valence-electron chi connectivity index (χ1n) is 30.9. The highest BCUT2D eigenvalue weighted by Crippen LogP contribution is 2.50. The van der Waals surface area contributed by atoms with E-state index in [1.807, 2.05) is 0 Å². The third kappa shape index (κ3) is 19.2. The Labute approximate surface area is 572 Å². The summed E-state index contributed by atoms with van der Waals surface area (Å²) in [4.78, 5) is 58.0. The number of piperidine rings is 2. The van der Waals surface area contributed by atoms with E-state index in [9.17, 15) is 82.4 Å². The Morgan fingerprint density at radius 3 is 1.28 bits per heavy atom. The lowest BCUT2D eigenvalue weighted by molar-refractivity contribution is -0.145. The molecule has 6 aromatic carbocycles. The van der Waals surface area contributed by atoms with Gasteiger partial charge in [0.1, 0.15) is 24.5 Å². The molecule has 9 rings (SSSR count). The van der Waals surface area contributed by atoms with E-state index in [0.717, 1.165) is 0 Å². The quantitative estimate of drug-likeness (QED) is 0.0531. The molecule has 532 valence electrons. The van der Waals surface area contributed by atoms with E-state index in [4.69, 9.17) is 30.5 Å². The van der Waals surface area contributed by atoms with Crippen molar-refractivity contribution < 1.29 is 90.8 Å². The van der Waals surface area contributed by atoms with Gasteiger partial charge in [-0.25, -0.2) is 9.59 Å². The lowest BCUT2D eigenvalue weighted by Gasteiger charge is -2.53. The maximum atomic E-state index is 14.1. The number of hydrogen-bond acceptors (Lipinski definition) is 10. The number of Topliss-reactive ketones (excluding diaryl/α,β-unsaturated/α-hetero) is 1. The third-order valence-electron chi connectivity index (χ3n) is 17.8. The summed E-state index contributed by atoms with van der Waals surface area (Å²) >= 11 is 5.77. The van der Waals surface area contributed by atoms with E-state index in [0.29, 0.717) is 65.9 Å². The molecule has 0 N–H and O–H groups in total. The lowest BCUT2D eigenvalue weighted by atomic mass is 9.69. The number of benzene rings is 6. The number of halogens is 13. The van der Waals surface area contributed by atoms with E-state index in [1.165, 1.54) is 28.5 Å². The van der Waals surface area contributed by atoms with Gasteiger partial charge >= 0.3 is 36.9 Å². The molecule has 3 saturated heterocycles. The van der Waals surface area contributed by atoms with Crippen molar-refractivity contribution in [2.45, 2.75) is 153 Å². The lowest BCUT2D eigenvalue weighted by Crippen LogP contribution is -2.66. The average Bonchev–Trinajstić information content (AvgIpc) is 1.44. The van der Waals surface area contributed by atoms with E-state index in [2.05, 4.69) is 12.1 Å². The Morgan fingerprint density at radius 2 is 0.929 bits per heavy atom. The Balaban J connectivity index is 0.000000306. The van der Waals surface area contributed by atoms with Gasteiger partial charge in [0.2, 0.25) is 5.91 Å². The van der Waals surface area contributed by atoms with Crippen LogP contribution >= 0.6 is 11.6 Å². The summed E-state index contributed by atoms with van der Waals surface area (Å²) in [6.07, 6.45) is -22.8. The molecule has 0 aliphatic carbocycles. The highest BCUT2D eigenvalue weighted by Gasteiger charge is 2.57. The number of likely N-dealkylation sites (tertiary alicyclic amines) is 3. The summed E-state index contributed by atoms with van der Waals surface area (Å²) in [6, 6.07) is 41.9. The molecule has 26 heteroatoms. The number of amides is 3. The van der Waals surface area contributed by atoms with Crippen LogP contribution in [0.5, 0.6) is 0 Å². The number of alkyl halides is 13. The van der Waals surface area contributed by atoms with Gasteiger partial charge in [-0.3, -0.25) is 19.4 Å². The summed E-state index contributed by atoms with van der Waals surface area (Å²) in [5.74, 6) is -0.176. The molecular formula is C73H76ClF12N5O8. The van der Waals surface area contributed by atoms with Crippen LogP contribution in [0.4, 0.5) is 62.3 Å². The molecule has 6 aromatic rings. The molecule has 0 bridgehead atoms. The first-order chi connectivity index (χ1) is 45.8. The highest BCUT2D eigenvalue weighted by molar-refractivity contribution is 6.17. The monoisotopic (exact) mass is 1410 g/mol. The van der Waals surface area contributed by atoms with E-state index in [1.54, 1.807) is 121 Å².